The topological polar surface area (TPSA) is 48.3 Å². The molecule has 0 unspecified atom stereocenters. The maximum Gasteiger partial charge on any atom is 0.101 e. The van der Waals surface area contributed by atoms with E-state index in [1.165, 1.54) is 0 Å². The number of nitriles is 1. The summed E-state index contributed by atoms with van der Waals surface area (Å²) < 4.78 is 5.07. The molecule has 4 heteroatoms. The molecular weight excluding hydrogens is 250 g/mol. The lowest BCUT2D eigenvalue weighted by atomic mass is 10.1. The Balaban J connectivity index is 2.83. The molecule has 0 bridgehead atoms. The number of nitrogens with one attached hydrogen (secondary N) is 1. The molecule has 0 heterocycles. The molecule has 0 aliphatic carbocycles. The van der Waals surface area contributed by atoms with Crippen molar-refractivity contribution in [2.75, 3.05) is 32.2 Å². The van der Waals surface area contributed by atoms with Crippen LogP contribution < -0.4 is 10.2 Å². The molecule has 0 saturated carbocycles. The van der Waals surface area contributed by atoms with Gasteiger partial charge in [0, 0.05) is 32.8 Å². The molecule has 1 rings (SSSR count). The molecule has 0 aromatic heterocycles. The van der Waals surface area contributed by atoms with Crippen LogP contribution in [-0.2, 0) is 11.3 Å². The standard InChI is InChI=1S/C16H25N3O/c1-16(2,3)18-12-13-6-7-15(14(10-13)11-17)19(4)8-9-20-5/h6-7,10,18H,8-9,12H2,1-5H3. The lowest BCUT2D eigenvalue weighted by Gasteiger charge is -2.22. The van der Waals surface area contributed by atoms with Crippen LogP contribution in [0.25, 0.3) is 0 Å². The molecule has 0 saturated heterocycles. The average Bonchev–Trinajstić information content (AvgIpc) is 2.41. The van der Waals surface area contributed by atoms with Gasteiger partial charge in [0.1, 0.15) is 6.07 Å². The van der Waals surface area contributed by atoms with Gasteiger partial charge in [-0.2, -0.15) is 5.26 Å². The highest BCUT2D eigenvalue weighted by Crippen LogP contribution is 2.20. The van der Waals surface area contributed by atoms with Gasteiger partial charge in [-0.25, -0.2) is 0 Å². The Bertz CT molecular complexity index is 472. The van der Waals surface area contributed by atoms with Gasteiger partial charge < -0.3 is 15.0 Å². The summed E-state index contributed by atoms with van der Waals surface area (Å²) in [6.45, 7) is 8.57. The first-order valence-corrected chi connectivity index (χ1v) is 6.85. The van der Waals surface area contributed by atoms with E-state index in [9.17, 15) is 5.26 Å². The van der Waals surface area contributed by atoms with Crippen LogP contribution in [-0.4, -0.2) is 32.8 Å². The van der Waals surface area contributed by atoms with Crippen LogP contribution in [0, 0.1) is 11.3 Å². The van der Waals surface area contributed by atoms with Gasteiger partial charge in [0.25, 0.3) is 0 Å². The number of hydrogen-bond acceptors (Lipinski definition) is 4. The zero-order valence-corrected chi connectivity index (χ0v) is 13.2. The van der Waals surface area contributed by atoms with Crippen molar-refractivity contribution >= 4 is 5.69 Å². The van der Waals surface area contributed by atoms with Gasteiger partial charge >= 0.3 is 0 Å². The van der Waals surface area contributed by atoms with Crippen molar-refractivity contribution in [2.45, 2.75) is 32.9 Å². The second kappa shape index (κ2) is 7.28. The second-order valence-electron chi connectivity index (χ2n) is 5.98. The highest BCUT2D eigenvalue weighted by atomic mass is 16.5. The fourth-order valence-corrected chi connectivity index (χ4v) is 1.83. The fourth-order valence-electron chi connectivity index (χ4n) is 1.83. The van der Waals surface area contributed by atoms with Gasteiger partial charge in [-0.15, -0.1) is 0 Å². The Morgan fingerprint density at radius 3 is 2.60 bits per heavy atom. The highest BCUT2D eigenvalue weighted by molar-refractivity contribution is 5.60. The molecule has 0 atom stereocenters. The van der Waals surface area contributed by atoms with Crippen molar-refractivity contribution in [2.24, 2.45) is 0 Å². The zero-order chi connectivity index (χ0) is 15.2. The summed E-state index contributed by atoms with van der Waals surface area (Å²) in [4.78, 5) is 2.04. The van der Waals surface area contributed by atoms with Gasteiger partial charge in [0.05, 0.1) is 17.9 Å². The van der Waals surface area contributed by atoms with E-state index in [1.807, 2.05) is 24.1 Å². The molecular formula is C16H25N3O. The minimum absolute atomic E-state index is 0.0702. The monoisotopic (exact) mass is 275 g/mol. The second-order valence-corrected chi connectivity index (χ2v) is 5.98. The number of anilines is 1. The Morgan fingerprint density at radius 1 is 1.35 bits per heavy atom. The van der Waals surface area contributed by atoms with E-state index in [0.29, 0.717) is 12.2 Å². The first-order valence-electron chi connectivity index (χ1n) is 6.85. The van der Waals surface area contributed by atoms with Crippen LogP contribution in [0.5, 0.6) is 0 Å². The number of methoxy groups -OCH3 is 1. The predicted molar refractivity (Wildman–Crippen MR) is 82.9 cm³/mol. The first-order chi connectivity index (χ1) is 9.37. The van der Waals surface area contributed by atoms with Crippen molar-refractivity contribution in [1.29, 1.82) is 5.26 Å². The molecule has 110 valence electrons. The molecule has 1 N–H and O–H groups in total. The van der Waals surface area contributed by atoms with Crippen molar-refractivity contribution in [3.63, 3.8) is 0 Å². The zero-order valence-electron chi connectivity index (χ0n) is 13.2. The van der Waals surface area contributed by atoms with Crippen LogP contribution >= 0.6 is 0 Å². The van der Waals surface area contributed by atoms with Crippen LogP contribution in [0.3, 0.4) is 0 Å². The number of nitrogens with zero attached hydrogens (tertiary/aromatic N) is 2. The van der Waals surface area contributed by atoms with Gasteiger partial charge in [0.15, 0.2) is 0 Å². The maximum atomic E-state index is 9.32. The normalized spacial score (nSPS) is 11.2. The highest BCUT2D eigenvalue weighted by Gasteiger charge is 2.11. The Kier molecular flexibility index (Phi) is 6.00. The number of benzene rings is 1. The summed E-state index contributed by atoms with van der Waals surface area (Å²) in [6.07, 6.45) is 0. The molecule has 0 amide bonds. The number of rotatable bonds is 6. The van der Waals surface area contributed by atoms with E-state index in [1.54, 1.807) is 7.11 Å². The van der Waals surface area contributed by atoms with Crippen LogP contribution in [0.2, 0.25) is 0 Å². The third-order valence-corrected chi connectivity index (χ3v) is 3.05. The van der Waals surface area contributed by atoms with Crippen molar-refractivity contribution in [3.05, 3.63) is 29.3 Å². The lowest BCUT2D eigenvalue weighted by molar-refractivity contribution is 0.206. The molecule has 0 radical (unpaired) electrons. The van der Waals surface area contributed by atoms with E-state index < -0.39 is 0 Å². The van der Waals surface area contributed by atoms with Crippen LogP contribution in [0.4, 0.5) is 5.69 Å². The lowest BCUT2D eigenvalue weighted by Crippen LogP contribution is -2.35. The molecule has 0 aliphatic heterocycles. The summed E-state index contributed by atoms with van der Waals surface area (Å²) in [5.74, 6) is 0. The molecule has 4 nitrogen and oxygen atoms in total. The summed E-state index contributed by atoms with van der Waals surface area (Å²) in [6, 6.07) is 8.31. The first kappa shape index (κ1) is 16.5. The fraction of sp³-hybridized carbons (Fsp3) is 0.562. The maximum absolute atomic E-state index is 9.32. The SMILES string of the molecule is COCCN(C)c1ccc(CNC(C)(C)C)cc1C#N. The predicted octanol–water partition coefficient (Wildman–Crippen LogP) is 2.53. The molecule has 0 fully saturated rings. The molecule has 0 aliphatic rings. The summed E-state index contributed by atoms with van der Waals surface area (Å²) in [7, 11) is 3.66. The van der Waals surface area contributed by atoms with E-state index in [4.69, 9.17) is 4.74 Å². The van der Waals surface area contributed by atoms with Gasteiger partial charge in [-0.1, -0.05) is 6.07 Å². The van der Waals surface area contributed by atoms with Crippen molar-refractivity contribution in [1.82, 2.24) is 5.32 Å². The third-order valence-electron chi connectivity index (χ3n) is 3.05. The molecule has 20 heavy (non-hydrogen) atoms. The van der Waals surface area contributed by atoms with Gasteiger partial charge in [-0.05, 0) is 38.5 Å². The third kappa shape index (κ3) is 5.20. The van der Waals surface area contributed by atoms with E-state index in [0.717, 1.165) is 24.3 Å². The van der Waals surface area contributed by atoms with Gasteiger partial charge in [0.2, 0.25) is 0 Å². The van der Waals surface area contributed by atoms with Crippen LogP contribution in [0.15, 0.2) is 18.2 Å². The average molecular weight is 275 g/mol. The van der Waals surface area contributed by atoms with Crippen molar-refractivity contribution < 1.29 is 4.74 Å². The number of ether oxygens (including phenoxy) is 1. The Labute approximate surface area is 122 Å². The molecule has 1 aromatic rings. The van der Waals surface area contributed by atoms with E-state index in [-0.39, 0.29) is 5.54 Å². The Hall–Kier alpha value is -1.57. The number of hydrogen-bond donors (Lipinski definition) is 1. The minimum Gasteiger partial charge on any atom is -0.383 e. The number of likely N-dealkylation sites (N-methyl/N-ethyl adjacent to an activating group) is 1. The quantitative estimate of drug-likeness (QED) is 0.866. The largest absolute Gasteiger partial charge is 0.383 e. The molecule has 1 aromatic carbocycles. The summed E-state index contributed by atoms with van der Waals surface area (Å²) in [5, 5.41) is 12.7. The van der Waals surface area contributed by atoms with Crippen LogP contribution in [0.1, 0.15) is 31.9 Å². The smallest absolute Gasteiger partial charge is 0.101 e. The minimum atomic E-state index is 0.0702. The summed E-state index contributed by atoms with van der Waals surface area (Å²) in [5.41, 5.74) is 2.85. The van der Waals surface area contributed by atoms with Crippen molar-refractivity contribution in [3.8, 4) is 6.07 Å². The van der Waals surface area contributed by atoms with E-state index >= 15 is 0 Å². The summed E-state index contributed by atoms with van der Waals surface area (Å²) >= 11 is 0. The van der Waals surface area contributed by atoms with E-state index in [2.05, 4.69) is 38.2 Å². The molecule has 0 spiro atoms. The Morgan fingerprint density at radius 2 is 2.05 bits per heavy atom. The van der Waals surface area contributed by atoms with Gasteiger partial charge in [-0.3, -0.25) is 0 Å².